The number of carbonyl (C=O) groups excluding carboxylic acids is 3. The highest BCUT2D eigenvalue weighted by Gasteiger charge is 2.22. The molecule has 0 aliphatic carbocycles. The van der Waals surface area contributed by atoms with Gasteiger partial charge < -0.3 is 14.1 Å². The molecule has 0 radical (unpaired) electrons. The Morgan fingerprint density at radius 1 is 1.03 bits per heavy atom. The minimum Gasteiger partial charge on any atom is -0.453 e. The number of hydrogen-bond donors (Lipinski definition) is 0. The molecule has 1 amide bonds. The van der Waals surface area contributed by atoms with E-state index in [0.717, 1.165) is 12.1 Å². The second-order valence-corrected chi connectivity index (χ2v) is 6.68. The van der Waals surface area contributed by atoms with Gasteiger partial charge in [0.2, 0.25) is 5.91 Å². The Kier molecular flexibility index (Phi) is 4.95. The number of benzene rings is 2. The van der Waals surface area contributed by atoms with E-state index >= 15 is 0 Å². The lowest BCUT2D eigenvalue weighted by atomic mass is 10.1. The van der Waals surface area contributed by atoms with Crippen LogP contribution in [-0.4, -0.2) is 30.8 Å². The van der Waals surface area contributed by atoms with Gasteiger partial charge in [-0.15, -0.1) is 0 Å². The molecule has 7 nitrogen and oxygen atoms in total. The third-order valence-electron chi connectivity index (χ3n) is 4.77. The summed E-state index contributed by atoms with van der Waals surface area (Å²) in [6.07, 6.45) is 1.34. The number of amides is 1. The maximum atomic E-state index is 12.3. The van der Waals surface area contributed by atoms with Crippen molar-refractivity contribution in [2.45, 2.75) is 12.8 Å². The van der Waals surface area contributed by atoms with Crippen molar-refractivity contribution in [3.05, 3.63) is 76.1 Å². The molecule has 0 bridgehead atoms. The fourth-order valence-corrected chi connectivity index (χ4v) is 3.24. The average molecular weight is 391 g/mol. The van der Waals surface area contributed by atoms with Crippen molar-refractivity contribution in [1.82, 2.24) is 0 Å². The molecule has 0 atom stereocenters. The summed E-state index contributed by atoms with van der Waals surface area (Å²) < 4.78 is 10.1. The lowest BCUT2D eigenvalue weighted by Gasteiger charge is -2.15. The van der Waals surface area contributed by atoms with Crippen LogP contribution in [0.5, 0.6) is 0 Å². The van der Waals surface area contributed by atoms with Gasteiger partial charge in [-0.05, 0) is 42.8 Å². The Labute approximate surface area is 165 Å². The van der Waals surface area contributed by atoms with E-state index in [-0.39, 0.29) is 11.5 Å². The largest absolute Gasteiger partial charge is 0.453 e. The number of para-hydroxylation sites is 1. The van der Waals surface area contributed by atoms with Crippen molar-refractivity contribution in [2.24, 2.45) is 0 Å². The van der Waals surface area contributed by atoms with Gasteiger partial charge in [0.1, 0.15) is 11.1 Å². The SMILES string of the molecule is O=C(COC(=O)c1cc2ccccc2oc1=O)c1ccc(N2CCCC2=O)cc1. The summed E-state index contributed by atoms with van der Waals surface area (Å²) in [6.45, 7) is 0.158. The van der Waals surface area contributed by atoms with E-state index in [1.807, 2.05) is 0 Å². The molecule has 0 unspecified atom stereocenters. The first-order valence-electron chi connectivity index (χ1n) is 9.16. The second kappa shape index (κ2) is 7.71. The van der Waals surface area contributed by atoms with E-state index in [0.29, 0.717) is 29.5 Å². The summed E-state index contributed by atoms with van der Waals surface area (Å²) in [7, 11) is 0. The van der Waals surface area contributed by atoms with Crippen LogP contribution in [-0.2, 0) is 9.53 Å². The van der Waals surface area contributed by atoms with E-state index in [1.54, 1.807) is 53.4 Å². The highest BCUT2D eigenvalue weighted by atomic mass is 16.5. The summed E-state index contributed by atoms with van der Waals surface area (Å²) in [5.41, 5.74) is 0.357. The molecule has 146 valence electrons. The number of rotatable bonds is 5. The Balaban J connectivity index is 1.43. The number of fused-ring (bicyclic) bond motifs is 1. The number of ketones is 1. The molecule has 2 heterocycles. The summed E-state index contributed by atoms with van der Waals surface area (Å²) in [5.74, 6) is -1.27. The van der Waals surface area contributed by atoms with Gasteiger partial charge in [0.05, 0.1) is 0 Å². The lowest BCUT2D eigenvalue weighted by molar-refractivity contribution is -0.117. The summed E-state index contributed by atoms with van der Waals surface area (Å²) >= 11 is 0. The van der Waals surface area contributed by atoms with Crippen molar-refractivity contribution in [3.8, 4) is 0 Å². The quantitative estimate of drug-likeness (QED) is 0.377. The highest BCUT2D eigenvalue weighted by molar-refractivity contribution is 6.01. The zero-order valence-electron chi connectivity index (χ0n) is 15.4. The predicted molar refractivity (Wildman–Crippen MR) is 105 cm³/mol. The normalized spacial score (nSPS) is 13.7. The van der Waals surface area contributed by atoms with E-state index in [2.05, 4.69) is 0 Å². The molecule has 7 heteroatoms. The van der Waals surface area contributed by atoms with Gasteiger partial charge in [0, 0.05) is 29.6 Å². The van der Waals surface area contributed by atoms with E-state index < -0.39 is 24.0 Å². The molecular weight excluding hydrogens is 374 g/mol. The second-order valence-electron chi connectivity index (χ2n) is 6.68. The number of carbonyl (C=O) groups is 3. The smallest absolute Gasteiger partial charge is 0.351 e. The highest BCUT2D eigenvalue weighted by Crippen LogP contribution is 2.21. The molecule has 2 aromatic carbocycles. The van der Waals surface area contributed by atoms with Crippen LogP contribution >= 0.6 is 0 Å². The first-order valence-corrected chi connectivity index (χ1v) is 9.16. The van der Waals surface area contributed by atoms with E-state index in [4.69, 9.17) is 9.15 Å². The zero-order valence-corrected chi connectivity index (χ0v) is 15.4. The summed E-state index contributed by atoms with van der Waals surface area (Å²) in [6, 6.07) is 14.7. The molecule has 1 aliphatic heterocycles. The molecule has 29 heavy (non-hydrogen) atoms. The third-order valence-corrected chi connectivity index (χ3v) is 4.77. The first-order chi connectivity index (χ1) is 14.0. The van der Waals surface area contributed by atoms with Crippen molar-refractivity contribution in [1.29, 1.82) is 0 Å². The number of nitrogens with zero attached hydrogens (tertiary/aromatic N) is 1. The Bertz CT molecular complexity index is 1160. The maximum absolute atomic E-state index is 12.3. The number of ether oxygens (including phenoxy) is 1. The monoisotopic (exact) mass is 391 g/mol. The minimum absolute atomic E-state index is 0.0622. The van der Waals surface area contributed by atoms with E-state index in [9.17, 15) is 19.2 Å². The predicted octanol–water partition coefficient (Wildman–Crippen LogP) is 2.96. The molecule has 0 spiro atoms. The molecule has 1 fully saturated rings. The van der Waals surface area contributed by atoms with Gasteiger partial charge in [0.25, 0.3) is 0 Å². The number of anilines is 1. The fourth-order valence-electron chi connectivity index (χ4n) is 3.24. The van der Waals surface area contributed by atoms with Crippen LogP contribution in [0.25, 0.3) is 11.0 Å². The molecular formula is C22H17NO6. The van der Waals surface area contributed by atoms with Gasteiger partial charge in [-0.2, -0.15) is 0 Å². The van der Waals surface area contributed by atoms with Crippen LogP contribution in [0.2, 0.25) is 0 Å². The Morgan fingerprint density at radius 3 is 2.52 bits per heavy atom. The maximum Gasteiger partial charge on any atom is 0.351 e. The van der Waals surface area contributed by atoms with Crippen LogP contribution in [0.1, 0.15) is 33.6 Å². The van der Waals surface area contributed by atoms with Crippen molar-refractivity contribution < 1.29 is 23.5 Å². The molecule has 1 aliphatic rings. The fraction of sp³-hybridized carbons (Fsp3) is 0.182. The van der Waals surface area contributed by atoms with Crippen molar-refractivity contribution in [2.75, 3.05) is 18.1 Å². The molecule has 0 saturated carbocycles. The lowest BCUT2D eigenvalue weighted by Crippen LogP contribution is -2.23. The van der Waals surface area contributed by atoms with Crippen LogP contribution < -0.4 is 10.5 Å². The average Bonchev–Trinajstić information content (AvgIpc) is 3.17. The van der Waals surface area contributed by atoms with Crippen molar-refractivity contribution in [3.63, 3.8) is 0 Å². The van der Waals surface area contributed by atoms with Gasteiger partial charge in [-0.1, -0.05) is 18.2 Å². The summed E-state index contributed by atoms with van der Waals surface area (Å²) in [4.78, 5) is 50.0. The Hall–Kier alpha value is -3.74. The molecule has 0 N–H and O–H groups in total. The minimum atomic E-state index is -0.919. The third kappa shape index (κ3) is 3.80. The zero-order chi connectivity index (χ0) is 20.4. The van der Waals surface area contributed by atoms with Gasteiger partial charge in [-0.25, -0.2) is 9.59 Å². The number of hydrogen-bond acceptors (Lipinski definition) is 6. The number of esters is 1. The van der Waals surface area contributed by atoms with Gasteiger partial charge in [-0.3, -0.25) is 9.59 Å². The van der Waals surface area contributed by atoms with Crippen LogP contribution in [0.4, 0.5) is 5.69 Å². The van der Waals surface area contributed by atoms with Crippen LogP contribution in [0.3, 0.4) is 0 Å². The number of Topliss-reactive ketones (excluding diaryl/α,β-unsaturated/α-hetero) is 1. The Morgan fingerprint density at radius 2 is 1.79 bits per heavy atom. The van der Waals surface area contributed by atoms with Crippen LogP contribution in [0, 0.1) is 0 Å². The topological polar surface area (TPSA) is 93.9 Å². The standard InChI is InChI=1S/C22H17NO6/c24-18(14-7-9-16(10-8-14)23-11-3-6-20(23)25)13-28-21(26)17-12-15-4-1-2-5-19(15)29-22(17)27/h1-2,4-5,7-10,12H,3,6,11,13H2. The summed E-state index contributed by atoms with van der Waals surface area (Å²) in [5, 5.41) is 0.581. The molecule has 1 aromatic heterocycles. The first kappa shape index (κ1) is 18.6. The van der Waals surface area contributed by atoms with Crippen LogP contribution in [0.15, 0.2) is 63.8 Å². The molecule has 1 saturated heterocycles. The van der Waals surface area contributed by atoms with Gasteiger partial charge >= 0.3 is 11.6 Å². The van der Waals surface area contributed by atoms with Crippen molar-refractivity contribution >= 4 is 34.3 Å². The van der Waals surface area contributed by atoms with Gasteiger partial charge in [0.15, 0.2) is 12.4 Å². The molecule has 3 aromatic rings. The van der Waals surface area contributed by atoms with E-state index in [1.165, 1.54) is 6.07 Å². The molecule has 4 rings (SSSR count).